The van der Waals surface area contributed by atoms with E-state index in [2.05, 4.69) is 20.7 Å². The predicted molar refractivity (Wildman–Crippen MR) is 73.2 cm³/mol. The van der Waals surface area contributed by atoms with Crippen LogP contribution in [0.5, 0.6) is 0 Å². The third kappa shape index (κ3) is 2.01. The van der Waals surface area contributed by atoms with Gasteiger partial charge < -0.3 is 10.0 Å². The first kappa shape index (κ1) is 13.8. The molecule has 8 nitrogen and oxygen atoms in total. The van der Waals surface area contributed by atoms with Crippen LogP contribution in [-0.2, 0) is 9.59 Å². The van der Waals surface area contributed by atoms with Crippen molar-refractivity contribution in [2.75, 3.05) is 5.75 Å². The maximum absolute atomic E-state index is 11.6. The number of carbonyl (C=O) groups is 2. The number of hydrogen-bond donors (Lipinski definition) is 1. The van der Waals surface area contributed by atoms with E-state index < -0.39 is 21.8 Å². The van der Waals surface area contributed by atoms with Gasteiger partial charge in [0.25, 0.3) is 0 Å². The summed E-state index contributed by atoms with van der Waals surface area (Å²) in [5.41, 5.74) is 0. The van der Waals surface area contributed by atoms with E-state index in [9.17, 15) is 14.7 Å². The quantitative estimate of drug-likeness (QED) is 0.795. The molecule has 3 unspecified atom stereocenters. The SMILES string of the molecule is CC1(SCC2(C)SC3CC(=O)N3C2C(=O)O)N=NN=N1. The molecule has 108 valence electrons. The standard InChI is InChI=1S/C10H13N5O3S2/c1-9(4-19-10(2)11-13-14-12-10)7(8(17)18)15-5(16)3-6(15)20-9/h6-7H,3-4H2,1-2H3,(H,17,18). The molecule has 3 aliphatic rings. The first-order valence-electron chi connectivity index (χ1n) is 6.04. The van der Waals surface area contributed by atoms with Crippen LogP contribution in [0.25, 0.3) is 0 Å². The zero-order valence-corrected chi connectivity index (χ0v) is 12.5. The van der Waals surface area contributed by atoms with Crippen LogP contribution in [-0.4, -0.2) is 48.8 Å². The highest BCUT2D eigenvalue weighted by Crippen LogP contribution is 2.53. The Balaban J connectivity index is 1.76. The Kier molecular flexibility index (Phi) is 3.05. The normalized spacial score (nSPS) is 37.1. The van der Waals surface area contributed by atoms with Crippen LogP contribution in [0.4, 0.5) is 0 Å². The van der Waals surface area contributed by atoms with Crippen LogP contribution in [0.3, 0.4) is 0 Å². The summed E-state index contributed by atoms with van der Waals surface area (Å²) in [4.78, 5) is 23.8. The van der Waals surface area contributed by atoms with Gasteiger partial charge in [0.15, 0.2) is 0 Å². The van der Waals surface area contributed by atoms with Crippen LogP contribution in [0, 0.1) is 0 Å². The molecule has 3 heterocycles. The molecule has 10 heteroatoms. The average Bonchev–Trinajstić information content (AvgIpc) is 2.89. The van der Waals surface area contributed by atoms with Crippen molar-refractivity contribution in [1.29, 1.82) is 0 Å². The van der Waals surface area contributed by atoms with Gasteiger partial charge in [0.1, 0.15) is 6.04 Å². The summed E-state index contributed by atoms with van der Waals surface area (Å²) in [5, 5.41) is 24.2. The first-order valence-corrected chi connectivity index (χ1v) is 7.91. The molecular formula is C10H13N5O3S2. The van der Waals surface area contributed by atoms with Crippen molar-refractivity contribution in [1.82, 2.24) is 4.90 Å². The zero-order valence-electron chi connectivity index (χ0n) is 10.9. The largest absolute Gasteiger partial charge is 0.480 e. The lowest BCUT2D eigenvalue weighted by Gasteiger charge is -2.37. The number of thioether (sulfide) groups is 2. The lowest BCUT2D eigenvalue weighted by atomic mass is 9.98. The Morgan fingerprint density at radius 3 is 2.70 bits per heavy atom. The Morgan fingerprint density at radius 1 is 1.50 bits per heavy atom. The lowest BCUT2D eigenvalue weighted by Crippen LogP contribution is -2.57. The van der Waals surface area contributed by atoms with Crippen molar-refractivity contribution in [3.63, 3.8) is 0 Å². The van der Waals surface area contributed by atoms with Gasteiger partial charge in [0, 0.05) is 5.75 Å². The van der Waals surface area contributed by atoms with Gasteiger partial charge in [-0.25, -0.2) is 4.79 Å². The van der Waals surface area contributed by atoms with Crippen molar-refractivity contribution in [2.24, 2.45) is 20.7 Å². The van der Waals surface area contributed by atoms with Crippen LogP contribution in [0.2, 0.25) is 0 Å². The number of nitrogens with zero attached hydrogens (tertiary/aromatic N) is 5. The summed E-state index contributed by atoms with van der Waals surface area (Å²) in [6.45, 7) is 3.65. The van der Waals surface area contributed by atoms with E-state index in [1.165, 1.54) is 16.7 Å². The summed E-state index contributed by atoms with van der Waals surface area (Å²) < 4.78 is -0.566. The molecule has 0 aliphatic carbocycles. The molecule has 0 aromatic carbocycles. The summed E-state index contributed by atoms with van der Waals surface area (Å²) in [6.07, 6.45) is 0.422. The summed E-state index contributed by atoms with van der Waals surface area (Å²) >= 11 is 2.94. The maximum Gasteiger partial charge on any atom is 0.327 e. The van der Waals surface area contributed by atoms with E-state index >= 15 is 0 Å². The molecule has 0 aromatic heterocycles. The number of carboxylic acids is 1. The molecule has 2 fully saturated rings. The minimum absolute atomic E-state index is 0.0196. The Hall–Kier alpha value is -1.16. The zero-order chi connectivity index (χ0) is 14.5. The molecule has 0 radical (unpaired) electrons. The summed E-state index contributed by atoms with van der Waals surface area (Å²) in [5.74, 6) is -0.547. The average molecular weight is 315 g/mol. The number of aliphatic carboxylic acids is 1. The highest BCUT2D eigenvalue weighted by Gasteiger charge is 2.60. The molecule has 3 rings (SSSR count). The number of amides is 1. The van der Waals surface area contributed by atoms with E-state index in [0.29, 0.717) is 12.2 Å². The van der Waals surface area contributed by atoms with Gasteiger partial charge in [-0.3, -0.25) is 4.79 Å². The summed E-state index contributed by atoms with van der Waals surface area (Å²) in [6, 6.07) is -0.801. The molecule has 3 aliphatic heterocycles. The van der Waals surface area contributed by atoms with Crippen molar-refractivity contribution in [3.05, 3.63) is 0 Å². The molecule has 1 N–H and O–H groups in total. The molecule has 1 amide bonds. The van der Waals surface area contributed by atoms with Crippen molar-refractivity contribution in [2.45, 2.75) is 41.4 Å². The Bertz CT molecular complexity index is 527. The van der Waals surface area contributed by atoms with Crippen LogP contribution < -0.4 is 0 Å². The van der Waals surface area contributed by atoms with E-state index in [1.807, 2.05) is 6.92 Å². The van der Waals surface area contributed by atoms with Gasteiger partial charge in [-0.2, -0.15) is 0 Å². The second-order valence-corrected chi connectivity index (χ2v) is 8.30. The van der Waals surface area contributed by atoms with Gasteiger partial charge in [0.05, 0.1) is 16.5 Å². The third-order valence-corrected chi connectivity index (χ3v) is 6.78. The van der Waals surface area contributed by atoms with E-state index in [0.717, 1.165) is 0 Å². The van der Waals surface area contributed by atoms with Gasteiger partial charge in [0.2, 0.25) is 10.9 Å². The van der Waals surface area contributed by atoms with Crippen molar-refractivity contribution in [3.8, 4) is 0 Å². The van der Waals surface area contributed by atoms with Crippen molar-refractivity contribution < 1.29 is 14.7 Å². The topological polar surface area (TPSA) is 107 Å². The minimum Gasteiger partial charge on any atom is -0.480 e. The smallest absolute Gasteiger partial charge is 0.327 e. The monoisotopic (exact) mass is 315 g/mol. The maximum atomic E-state index is 11.6. The number of fused-ring (bicyclic) bond motifs is 1. The molecule has 0 bridgehead atoms. The fraction of sp³-hybridized carbons (Fsp3) is 0.800. The molecule has 0 saturated carbocycles. The molecule has 0 aromatic rings. The number of hydrogen-bond acceptors (Lipinski definition) is 8. The van der Waals surface area contributed by atoms with Crippen LogP contribution in [0.1, 0.15) is 20.3 Å². The fourth-order valence-electron chi connectivity index (χ4n) is 2.54. The van der Waals surface area contributed by atoms with Crippen LogP contribution in [0.15, 0.2) is 20.7 Å². The number of β-lactam (4-membered cyclic amide) rings is 1. The summed E-state index contributed by atoms with van der Waals surface area (Å²) in [7, 11) is 0. The molecule has 0 spiro atoms. The minimum atomic E-state index is -0.962. The second kappa shape index (κ2) is 4.42. The van der Waals surface area contributed by atoms with Gasteiger partial charge in [-0.1, -0.05) is 0 Å². The Labute approximate surface area is 123 Å². The Morgan fingerprint density at radius 2 is 2.15 bits per heavy atom. The lowest BCUT2D eigenvalue weighted by molar-refractivity contribution is -0.157. The van der Waals surface area contributed by atoms with Crippen LogP contribution >= 0.6 is 23.5 Å². The van der Waals surface area contributed by atoms with Crippen molar-refractivity contribution >= 4 is 35.4 Å². The second-order valence-electron chi connectivity index (χ2n) is 5.23. The van der Waals surface area contributed by atoms with Gasteiger partial charge in [-0.15, -0.1) is 33.8 Å². The molecule has 2 saturated heterocycles. The molecular weight excluding hydrogens is 302 g/mol. The van der Waals surface area contributed by atoms with Gasteiger partial charge in [-0.05, 0) is 24.3 Å². The number of carbonyl (C=O) groups excluding carboxylic acids is 1. The van der Waals surface area contributed by atoms with Gasteiger partial charge >= 0.3 is 5.97 Å². The highest BCUT2D eigenvalue weighted by atomic mass is 32.2. The first-order chi connectivity index (χ1) is 9.35. The highest BCUT2D eigenvalue weighted by molar-refractivity contribution is 8.05. The molecule has 20 heavy (non-hydrogen) atoms. The number of carboxylic acid groups (broad SMARTS) is 1. The van der Waals surface area contributed by atoms with E-state index in [-0.39, 0.29) is 11.3 Å². The third-order valence-electron chi connectivity index (χ3n) is 3.58. The molecule has 3 atom stereocenters. The fourth-order valence-corrected chi connectivity index (χ4v) is 5.44. The van der Waals surface area contributed by atoms with E-state index in [1.54, 1.807) is 18.7 Å². The van der Waals surface area contributed by atoms with E-state index in [4.69, 9.17) is 0 Å². The predicted octanol–water partition coefficient (Wildman–Crippen LogP) is 1.74. The number of rotatable bonds is 4.